The molecule has 0 bridgehead atoms. The summed E-state index contributed by atoms with van der Waals surface area (Å²) in [6, 6.07) is 11.1. The number of rotatable bonds is 3. The van der Waals surface area contributed by atoms with Gasteiger partial charge in [0.15, 0.2) is 5.58 Å². The summed E-state index contributed by atoms with van der Waals surface area (Å²) in [5, 5.41) is 4.83. The Bertz CT molecular complexity index is 1300. The van der Waals surface area contributed by atoms with Crippen molar-refractivity contribution < 1.29 is 9.21 Å². The third-order valence-electron chi connectivity index (χ3n) is 5.43. The second-order valence-corrected chi connectivity index (χ2v) is 8.59. The van der Waals surface area contributed by atoms with Gasteiger partial charge >= 0.3 is 5.76 Å². The summed E-state index contributed by atoms with van der Waals surface area (Å²) in [5.41, 5.74) is 2.85. The lowest BCUT2D eigenvalue weighted by Crippen LogP contribution is -2.33. The number of aromatic nitrogens is 4. The molecule has 4 aromatic rings. The van der Waals surface area contributed by atoms with Gasteiger partial charge in [0.25, 0.3) is 0 Å². The van der Waals surface area contributed by atoms with E-state index in [1.807, 2.05) is 39.8 Å². The average Bonchev–Trinajstić information content (AvgIpc) is 3.44. The Hall–Kier alpha value is -3.55. The number of carbonyl (C=O) groups is 1. The number of amides is 1. The summed E-state index contributed by atoms with van der Waals surface area (Å²) in [6.07, 6.45) is 3.97. The summed E-state index contributed by atoms with van der Waals surface area (Å²) in [7, 11) is 0. The van der Waals surface area contributed by atoms with Gasteiger partial charge in [0.1, 0.15) is 12.4 Å². The molecule has 1 aliphatic rings. The highest BCUT2D eigenvalue weighted by Gasteiger charge is 2.33. The van der Waals surface area contributed by atoms with Crippen LogP contribution < -0.4 is 5.76 Å². The molecule has 1 aliphatic heterocycles. The molecule has 30 heavy (non-hydrogen) atoms. The molecule has 1 amide bonds. The molecule has 4 heterocycles. The summed E-state index contributed by atoms with van der Waals surface area (Å²) in [5.74, 6) is 0.318. The second-order valence-electron chi connectivity index (χ2n) is 8.59. The molecule has 0 atom stereocenters. The van der Waals surface area contributed by atoms with E-state index in [-0.39, 0.29) is 18.0 Å². The van der Waals surface area contributed by atoms with Crippen LogP contribution in [0.2, 0.25) is 0 Å². The molecule has 0 N–H and O–H groups in total. The molecule has 0 spiro atoms. The highest BCUT2D eigenvalue weighted by Crippen LogP contribution is 2.32. The van der Waals surface area contributed by atoms with Gasteiger partial charge in [0, 0.05) is 18.0 Å². The van der Waals surface area contributed by atoms with Gasteiger partial charge in [-0.1, -0.05) is 12.1 Å². The lowest BCUT2D eigenvalue weighted by Gasteiger charge is -2.24. The Labute approximate surface area is 172 Å². The van der Waals surface area contributed by atoms with Gasteiger partial charge in [-0.05, 0) is 45.0 Å². The molecular formula is C22H23N5O3. The van der Waals surface area contributed by atoms with Gasteiger partial charge in [-0.2, -0.15) is 5.10 Å². The van der Waals surface area contributed by atoms with E-state index in [9.17, 15) is 9.59 Å². The fraction of sp³-hybridized carbons (Fsp3) is 0.318. The van der Waals surface area contributed by atoms with E-state index in [0.717, 1.165) is 17.1 Å². The first-order valence-electron chi connectivity index (χ1n) is 9.93. The Balaban J connectivity index is 1.46. The maximum atomic E-state index is 13.0. The zero-order valence-corrected chi connectivity index (χ0v) is 17.2. The van der Waals surface area contributed by atoms with Crippen molar-refractivity contribution in [2.45, 2.75) is 45.9 Å². The van der Waals surface area contributed by atoms with E-state index in [1.54, 1.807) is 23.1 Å². The minimum atomic E-state index is -0.521. The van der Waals surface area contributed by atoms with E-state index in [4.69, 9.17) is 9.52 Å². The van der Waals surface area contributed by atoms with Crippen LogP contribution in [-0.2, 0) is 30.0 Å². The summed E-state index contributed by atoms with van der Waals surface area (Å²) >= 11 is 0. The zero-order valence-electron chi connectivity index (χ0n) is 17.2. The van der Waals surface area contributed by atoms with E-state index in [1.165, 1.54) is 4.57 Å². The Morgan fingerprint density at radius 2 is 1.83 bits per heavy atom. The largest absolute Gasteiger partial charge is 0.420 e. The molecule has 8 heteroatoms. The molecule has 0 saturated heterocycles. The van der Waals surface area contributed by atoms with Crippen LogP contribution in [0.25, 0.3) is 16.9 Å². The normalized spacial score (nSPS) is 13.9. The van der Waals surface area contributed by atoms with Crippen LogP contribution in [0.1, 0.15) is 32.0 Å². The number of oxazole rings is 1. The standard InChI is InChI=1S/C22H23N5O3/c1-22(2,3)27-20(24-10-6-7-11-24)15-12-25(13-16(15)23-27)19(28)14-26-17-8-4-5-9-18(17)30-21(26)29/h4-11H,12-14H2,1-3H3. The molecule has 154 valence electrons. The van der Waals surface area contributed by atoms with Crippen LogP contribution in [0.15, 0.2) is 58.0 Å². The minimum Gasteiger partial charge on any atom is -0.408 e. The van der Waals surface area contributed by atoms with Crippen LogP contribution in [-0.4, -0.2) is 29.7 Å². The first-order valence-corrected chi connectivity index (χ1v) is 9.93. The molecule has 3 aromatic heterocycles. The van der Waals surface area contributed by atoms with Crippen LogP contribution in [0.4, 0.5) is 0 Å². The molecule has 1 aromatic carbocycles. The molecule has 0 saturated carbocycles. The van der Waals surface area contributed by atoms with Crippen LogP contribution in [0, 0.1) is 0 Å². The van der Waals surface area contributed by atoms with Gasteiger partial charge in [-0.15, -0.1) is 0 Å². The van der Waals surface area contributed by atoms with Crippen molar-refractivity contribution in [3.8, 4) is 5.82 Å². The molecule has 8 nitrogen and oxygen atoms in total. The third kappa shape index (κ3) is 2.87. The molecular weight excluding hydrogens is 382 g/mol. The Kier molecular flexibility index (Phi) is 3.99. The number of benzene rings is 1. The van der Waals surface area contributed by atoms with Gasteiger partial charge in [0.05, 0.1) is 29.8 Å². The number of hydrogen-bond acceptors (Lipinski definition) is 4. The fourth-order valence-corrected chi connectivity index (χ4v) is 3.99. The van der Waals surface area contributed by atoms with E-state index in [0.29, 0.717) is 24.2 Å². The summed E-state index contributed by atoms with van der Waals surface area (Å²) in [6.45, 7) is 7.17. The highest BCUT2D eigenvalue weighted by atomic mass is 16.4. The van der Waals surface area contributed by atoms with Crippen molar-refractivity contribution in [1.29, 1.82) is 0 Å². The zero-order chi connectivity index (χ0) is 21.0. The van der Waals surface area contributed by atoms with Crippen molar-refractivity contribution in [1.82, 2.24) is 23.8 Å². The Morgan fingerprint density at radius 3 is 2.57 bits per heavy atom. The van der Waals surface area contributed by atoms with Crippen molar-refractivity contribution in [2.24, 2.45) is 0 Å². The lowest BCUT2D eigenvalue weighted by molar-refractivity contribution is -0.132. The first kappa shape index (κ1) is 18.5. The van der Waals surface area contributed by atoms with Crippen molar-refractivity contribution >= 4 is 17.0 Å². The average molecular weight is 405 g/mol. The van der Waals surface area contributed by atoms with Crippen molar-refractivity contribution in [3.63, 3.8) is 0 Å². The molecule has 0 unspecified atom stereocenters. The quantitative estimate of drug-likeness (QED) is 0.525. The predicted octanol–water partition coefficient (Wildman–Crippen LogP) is 2.88. The maximum absolute atomic E-state index is 13.0. The van der Waals surface area contributed by atoms with Gasteiger partial charge in [-0.3, -0.25) is 9.36 Å². The first-order chi connectivity index (χ1) is 14.3. The Morgan fingerprint density at radius 1 is 1.10 bits per heavy atom. The van der Waals surface area contributed by atoms with Gasteiger partial charge in [0.2, 0.25) is 5.91 Å². The van der Waals surface area contributed by atoms with Gasteiger partial charge in [-0.25, -0.2) is 9.48 Å². The minimum absolute atomic E-state index is 0.0573. The number of carbonyl (C=O) groups excluding carboxylic acids is 1. The summed E-state index contributed by atoms with van der Waals surface area (Å²) < 4.78 is 10.7. The van der Waals surface area contributed by atoms with E-state index in [2.05, 4.69) is 20.8 Å². The predicted molar refractivity (Wildman–Crippen MR) is 111 cm³/mol. The van der Waals surface area contributed by atoms with Crippen LogP contribution >= 0.6 is 0 Å². The molecule has 0 radical (unpaired) electrons. The number of fused-ring (bicyclic) bond motifs is 2. The number of hydrogen-bond donors (Lipinski definition) is 0. The molecule has 0 aliphatic carbocycles. The van der Waals surface area contributed by atoms with Crippen molar-refractivity contribution in [3.05, 3.63) is 70.6 Å². The van der Waals surface area contributed by atoms with Crippen LogP contribution in [0.5, 0.6) is 0 Å². The van der Waals surface area contributed by atoms with E-state index < -0.39 is 5.76 Å². The number of para-hydroxylation sites is 2. The third-order valence-corrected chi connectivity index (χ3v) is 5.43. The topological polar surface area (TPSA) is 78.2 Å². The molecule has 5 rings (SSSR count). The number of nitrogens with zero attached hydrogens (tertiary/aromatic N) is 5. The van der Waals surface area contributed by atoms with Crippen molar-refractivity contribution in [2.75, 3.05) is 0 Å². The van der Waals surface area contributed by atoms with E-state index >= 15 is 0 Å². The summed E-state index contributed by atoms with van der Waals surface area (Å²) in [4.78, 5) is 27.0. The molecule has 0 fully saturated rings. The smallest absolute Gasteiger partial charge is 0.408 e. The highest BCUT2D eigenvalue weighted by molar-refractivity contribution is 5.80. The van der Waals surface area contributed by atoms with Gasteiger partial charge < -0.3 is 13.9 Å². The second kappa shape index (κ2) is 6.48. The SMILES string of the molecule is CC(C)(C)n1nc2c(c1-n1cccc1)CN(C(=O)Cn1c(=O)oc3ccccc31)C2. The lowest BCUT2D eigenvalue weighted by atomic mass is 10.1. The van der Waals surface area contributed by atoms with Crippen LogP contribution in [0.3, 0.4) is 0 Å². The fourth-order valence-electron chi connectivity index (χ4n) is 3.99. The monoisotopic (exact) mass is 405 g/mol. The maximum Gasteiger partial charge on any atom is 0.420 e.